The van der Waals surface area contributed by atoms with Gasteiger partial charge in [0, 0.05) is 29.4 Å². The van der Waals surface area contributed by atoms with Crippen molar-refractivity contribution in [1.29, 1.82) is 0 Å². The lowest BCUT2D eigenvalue weighted by Crippen LogP contribution is -2.32. The van der Waals surface area contributed by atoms with Crippen LogP contribution in [0.25, 0.3) is 11.0 Å². The summed E-state index contributed by atoms with van der Waals surface area (Å²) in [5.41, 5.74) is 2.42. The third-order valence-corrected chi connectivity index (χ3v) is 4.91. The zero-order chi connectivity index (χ0) is 23.2. The summed E-state index contributed by atoms with van der Waals surface area (Å²) in [4.78, 5) is 32.8. The van der Waals surface area contributed by atoms with Gasteiger partial charge >= 0.3 is 0 Å². The molecule has 33 heavy (non-hydrogen) atoms. The van der Waals surface area contributed by atoms with Crippen molar-refractivity contribution in [2.24, 2.45) is 0 Å². The molecule has 4 aromatic rings. The quantitative estimate of drug-likeness (QED) is 0.426. The number of rotatable bonds is 8. The summed E-state index contributed by atoms with van der Waals surface area (Å²) in [7, 11) is 3.19. The van der Waals surface area contributed by atoms with E-state index in [4.69, 9.17) is 9.47 Å². The number of amides is 2. The third-order valence-electron chi connectivity index (χ3n) is 4.91. The van der Waals surface area contributed by atoms with E-state index in [1.54, 1.807) is 55.6 Å². The van der Waals surface area contributed by atoms with Gasteiger partial charge in [0.2, 0.25) is 5.91 Å². The van der Waals surface area contributed by atoms with Crippen LogP contribution in [-0.2, 0) is 11.3 Å². The van der Waals surface area contributed by atoms with Crippen LogP contribution in [0.15, 0.2) is 61.2 Å². The molecule has 3 aromatic heterocycles. The number of pyridine rings is 2. The normalized spacial score (nSPS) is 10.6. The Bertz CT molecular complexity index is 1290. The van der Waals surface area contributed by atoms with Crippen molar-refractivity contribution in [2.75, 3.05) is 26.1 Å². The molecule has 0 bridgehead atoms. The van der Waals surface area contributed by atoms with E-state index in [0.717, 1.165) is 5.56 Å². The molecule has 2 N–H and O–H groups in total. The summed E-state index contributed by atoms with van der Waals surface area (Å²) in [5, 5.41) is 10.3. The van der Waals surface area contributed by atoms with Crippen LogP contribution in [0.5, 0.6) is 11.5 Å². The van der Waals surface area contributed by atoms with Crippen LogP contribution in [0.2, 0.25) is 0 Å². The molecule has 0 saturated carbocycles. The van der Waals surface area contributed by atoms with Gasteiger partial charge in [-0.2, -0.15) is 5.10 Å². The standard InChI is InChI=1S/C23H22N6O4/c1-32-19-6-5-15(20(9-19)33-2)14-29-22-16(11-27-29)8-17(10-25-22)23(31)26-13-21(30)28-18-4-3-7-24-12-18/h3-12H,13-14H2,1-2H3,(H,26,31)(H,28,30). The average Bonchev–Trinajstić information content (AvgIpc) is 3.25. The van der Waals surface area contributed by atoms with E-state index in [0.29, 0.717) is 40.3 Å². The van der Waals surface area contributed by atoms with E-state index in [1.165, 1.54) is 12.4 Å². The van der Waals surface area contributed by atoms with Crippen LogP contribution in [0.4, 0.5) is 5.69 Å². The number of anilines is 1. The molecule has 0 aliphatic heterocycles. The molecular weight excluding hydrogens is 424 g/mol. The fourth-order valence-electron chi connectivity index (χ4n) is 3.26. The lowest BCUT2D eigenvalue weighted by molar-refractivity contribution is -0.115. The fourth-order valence-corrected chi connectivity index (χ4v) is 3.26. The molecule has 3 heterocycles. The minimum Gasteiger partial charge on any atom is -0.497 e. The minimum absolute atomic E-state index is 0.178. The molecule has 0 saturated heterocycles. The Morgan fingerprint density at radius 2 is 1.94 bits per heavy atom. The van der Waals surface area contributed by atoms with Gasteiger partial charge in [-0.05, 0) is 30.3 Å². The third kappa shape index (κ3) is 5.06. The number of methoxy groups -OCH3 is 2. The molecule has 0 unspecified atom stereocenters. The van der Waals surface area contributed by atoms with E-state index in [9.17, 15) is 9.59 Å². The molecule has 0 atom stereocenters. The highest BCUT2D eigenvalue weighted by atomic mass is 16.5. The number of fused-ring (bicyclic) bond motifs is 1. The van der Waals surface area contributed by atoms with Crippen LogP contribution < -0.4 is 20.1 Å². The molecule has 168 valence electrons. The second-order valence-corrected chi connectivity index (χ2v) is 7.09. The van der Waals surface area contributed by atoms with Crippen molar-refractivity contribution in [3.05, 3.63) is 72.3 Å². The van der Waals surface area contributed by atoms with Crippen LogP contribution in [0, 0.1) is 0 Å². The number of nitrogens with zero attached hydrogens (tertiary/aromatic N) is 4. The highest BCUT2D eigenvalue weighted by Crippen LogP contribution is 2.26. The number of benzene rings is 1. The Morgan fingerprint density at radius 1 is 1.06 bits per heavy atom. The maximum atomic E-state index is 12.5. The van der Waals surface area contributed by atoms with Crippen molar-refractivity contribution in [1.82, 2.24) is 25.1 Å². The molecule has 0 radical (unpaired) electrons. The summed E-state index contributed by atoms with van der Waals surface area (Å²) < 4.78 is 12.4. The molecule has 0 spiro atoms. The second-order valence-electron chi connectivity index (χ2n) is 7.09. The van der Waals surface area contributed by atoms with Gasteiger partial charge in [-0.25, -0.2) is 9.67 Å². The van der Waals surface area contributed by atoms with Gasteiger partial charge in [0.1, 0.15) is 11.5 Å². The Hall–Kier alpha value is -4.47. The van der Waals surface area contributed by atoms with Crippen LogP contribution in [0.3, 0.4) is 0 Å². The van der Waals surface area contributed by atoms with Crippen molar-refractivity contribution >= 4 is 28.5 Å². The monoisotopic (exact) mass is 446 g/mol. The topological polar surface area (TPSA) is 120 Å². The van der Waals surface area contributed by atoms with E-state index >= 15 is 0 Å². The van der Waals surface area contributed by atoms with Crippen LogP contribution in [-0.4, -0.2) is 52.3 Å². The SMILES string of the molecule is COc1ccc(Cn2ncc3cc(C(=O)NCC(=O)Nc4cccnc4)cnc32)c(OC)c1. The maximum absolute atomic E-state index is 12.5. The smallest absolute Gasteiger partial charge is 0.253 e. The van der Waals surface area contributed by atoms with Crippen molar-refractivity contribution in [3.63, 3.8) is 0 Å². The minimum atomic E-state index is -0.407. The summed E-state index contributed by atoms with van der Waals surface area (Å²) >= 11 is 0. The lowest BCUT2D eigenvalue weighted by atomic mass is 10.2. The van der Waals surface area contributed by atoms with Gasteiger partial charge in [-0.1, -0.05) is 0 Å². The van der Waals surface area contributed by atoms with E-state index < -0.39 is 5.91 Å². The average molecular weight is 446 g/mol. The van der Waals surface area contributed by atoms with Crippen molar-refractivity contribution < 1.29 is 19.1 Å². The lowest BCUT2D eigenvalue weighted by Gasteiger charge is -2.11. The van der Waals surface area contributed by atoms with E-state index in [2.05, 4.69) is 25.7 Å². The molecule has 1 aromatic carbocycles. The first-order valence-corrected chi connectivity index (χ1v) is 10.1. The summed E-state index contributed by atoms with van der Waals surface area (Å²) in [6.45, 7) is 0.256. The molecule has 4 rings (SSSR count). The van der Waals surface area contributed by atoms with Crippen LogP contribution in [0.1, 0.15) is 15.9 Å². The number of aromatic nitrogens is 4. The first-order valence-electron chi connectivity index (χ1n) is 10.1. The molecular formula is C23H22N6O4. The highest BCUT2D eigenvalue weighted by molar-refractivity contribution is 6.00. The number of ether oxygens (including phenoxy) is 2. The van der Waals surface area contributed by atoms with Gasteiger partial charge in [0.25, 0.3) is 5.91 Å². The number of hydrogen-bond donors (Lipinski definition) is 2. The number of carbonyl (C=O) groups is 2. The molecule has 10 heteroatoms. The molecule has 10 nitrogen and oxygen atoms in total. The zero-order valence-corrected chi connectivity index (χ0v) is 18.1. The van der Waals surface area contributed by atoms with Crippen molar-refractivity contribution in [3.8, 4) is 11.5 Å². The van der Waals surface area contributed by atoms with Gasteiger partial charge in [-0.3, -0.25) is 14.6 Å². The zero-order valence-electron chi connectivity index (χ0n) is 18.1. The number of hydrogen-bond acceptors (Lipinski definition) is 7. The van der Waals surface area contributed by atoms with Gasteiger partial charge in [0.05, 0.1) is 51.0 Å². The largest absolute Gasteiger partial charge is 0.497 e. The van der Waals surface area contributed by atoms with Gasteiger partial charge in [0.15, 0.2) is 5.65 Å². The predicted molar refractivity (Wildman–Crippen MR) is 121 cm³/mol. The maximum Gasteiger partial charge on any atom is 0.253 e. The molecule has 0 aliphatic rings. The fraction of sp³-hybridized carbons (Fsp3) is 0.174. The summed E-state index contributed by atoms with van der Waals surface area (Å²) in [5.74, 6) is 0.615. The first-order chi connectivity index (χ1) is 16.1. The summed E-state index contributed by atoms with van der Waals surface area (Å²) in [6, 6.07) is 10.7. The van der Waals surface area contributed by atoms with Crippen molar-refractivity contribution in [2.45, 2.75) is 6.54 Å². The van der Waals surface area contributed by atoms with Crippen LogP contribution >= 0.6 is 0 Å². The second kappa shape index (κ2) is 9.77. The number of nitrogens with one attached hydrogen (secondary N) is 2. The van der Waals surface area contributed by atoms with Gasteiger partial charge < -0.3 is 20.1 Å². The van der Waals surface area contributed by atoms with E-state index in [1.807, 2.05) is 12.1 Å². The number of carbonyl (C=O) groups excluding carboxylic acids is 2. The first kappa shape index (κ1) is 21.8. The summed E-state index contributed by atoms with van der Waals surface area (Å²) in [6.07, 6.45) is 6.23. The van der Waals surface area contributed by atoms with E-state index in [-0.39, 0.29) is 12.5 Å². The Labute approximate surface area is 189 Å². The molecule has 0 fully saturated rings. The predicted octanol–water partition coefficient (Wildman–Crippen LogP) is 2.26. The highest BCUT2D eigenvalue weighted by Gasteiger charge is 2.13. The Kier molecular flexibility index (Phi) is 6.44. The van der Waals surface area contributed by atoms with Gasteiger partial charge in [-0.15, -0.1) is 0 Å². The Morgan fingerprint density at radius 3 is 2.70 bits per heavy atom. The molecule has 2 amide bonds. The molecule has 0 aliphatic carbocycles. The Balaban J connectivity index is 1.43.